The molecule has 0 spiro atoms. The van der Waals surface area contributed by atoms with Crippen LogP contribution in [0.3, 0.4) is 0 Å². The Balaban J connectivity index is 1.83. The highest BCUT2D eigenvalue weighted by molar-refractivity contribution is 5.93. The zero-order valence-corrected chi connectivity index (χ0v) is 14.9. The third-order valence-electron chi connectivity index (χ3n) is 4.47. The molecule has 2 heterocycles. The van der Waals surface area contributed by atoms with E-state index < -0.39 is 16.9 Å². The fraction of sp³-hybridized carbons (Fsp3) is 0.250. The number of carbonyl (C=O) groups is 1. The predicted molar refractivity (Wildman–Crippen MR) is 98.0 cm³/mol. The van der Waals surface area contributed by atoms with E-state index in [4.69, 9.17) is 0 Å². The number of benzene rings is 1. The van der Waals surface area contributed by atoms with E-state index in [1.54, 1.807) is 18.3 Å². The summed E-state index contributed by atoms with van der Waals surface area (Å²) in [6.45, 7) is 5.90. The number of hydrogen-bond donors (Lipinski definition) is 1. The molecule has 0 aliphatic rings. The normalized spacial score (nSPS) is 11.5. The molecule has 0 radical (unpaired) electrons. The lowest BCUT2D eigenvalue weighted by atomic mass is 9.84. The predicted octanol–water partition coefficient (Wildman–Crippen LogP) is 2.85. The van der Waals surface area contributed by atoms with E-state index in [1.807, 2.05) is 32.9 Å². The van der Waals surface area contributed by atoms with E-state index in [9.17, 15) is 14.0 Å². The summed E-state index contributed by atoms with van der Waals surface area (Å²) in [6.07, 6.45) is 2.89. The third kappa shape index (κ3) is 3.35. The van der Waals surface area contributed by atoms with E-state index in [0.717, 1.165) is 11.1 Å². The number of amides is 1. The van der Waals surface area contributed by atoms with Crippen LogP contribution < -0.4 is 10.9 Å². The van der Waals surface area contributed by atoms with Crippen molar-refractivity contribution >= 4 is 11.6 Å². The summed E-state index contributed by atoms with van der Waals surface area (Å²) in [5.41, 5.74) is 1.21. The Hall–Kier alpha value is -3.02. The SMILES string of the molecule is Cc1cccn2c(=O)c(C(=O)NCC(C)(C)c3cccc(F)c3)cnc12. The van der Waals surface area contributed by atoms with Crippen molar-refractivity contribution in [1.82, 2.24) is 14.7 Å². The van der Waals surface area contributed by atoms with Crippen molar-refractivity contribution in [3.05, 3.63) is 81.7 Å². The Morgan fingerprint density at radius 1 is 1.27 bits per heavy atom. The average molecular weight is 353 g/mol. The van der Waals surface area contributed by atoms with E-state index >= 15 is 0 Å². The van der Waals surface area contributed by atoms with Gasteiger partial charge in [0, 0.05) is 24.4 Å². The number of aryl methyl sites for hydroxylation is 1. The van der Waals surface area contributed by atoms with Crippen LogP contribution in [0.2, 0.25) is 0 Å². The largest absolute Gasteiger partial charge is 0.351 e. The summed E-state index contributed by atoms with van der Waals surface area (Å²) in [5, 5.41) is 2.76. The number of halogens is 1. The van der Waals surface area contributed by atoms with Crippen molar-refractivity contribution in [2.75, 3.05) is 6.54 Å². The van der Waals surface area contributed by atoms with Crippen LogP contribution in [0.5, 0.6) is 0 Å². The van der Waals surface area contributed by atoms with Crippen molar-refractivity contribution in [1.29, 1.82) is 0 Å². The van der Waals surface area contributed by atoms with Crippen LogP contribution in [-0.4, -0.2) is 21.8 Å². The van der Waals surface area contributed by atoms with Gasteiger partial charge in [-0.15, -0.1) is 0 Å². The molecule has 0 saturated heterocycles. The van der Waals surface area contributed by atoms with Gasteiger partial charge in [0.25, 0.3) is 11.5 Å². The first-order chi connectivity index (χ1) is 12.3. The molecule has 0 fully saturated rings. The lowest BCUT2D eigenvalue weighted by Crippen LogP contribution is -2.39. The second-order valence-corrected chi connectivity index (χ2v) is 6.94. The van der Waals surface area contributed by atoms with Crippen LogP contribution in [0.15, 0.2) is 53.6 Å². The summed E-state index contributed by atoms with van der Waals surface area (Å²) in [4.78, 5) is 29.3. The van der Waals surface area contributed by atoms with Crippen molar-refractivity contribution in [2.24, 2.45) is 0 Å². The van der Waals surface area contributed by atoms with Crippen molar-refractivity contribution in [3.8, 4) is 0 Å². The number of fused-ring (bicyclic) bond motifs is 1. The molecule has 0 atom stereocenters. The first kappa shape index (κ1) is 17.8. The molecule has 1 aromatic carbocycles. The van der Waals surface area contributed by atoms with Gasteiger partial charge < -0.3 is 5.32 Å². The first-order valence-corrected chi connectivity index (χ1v) is 8.31. The van der Waals surface area contributed by atoms with Gasteiger partial charge in [0.2, 0.25) is 0 Å². The number of rotatable bonds is 4. The molecule has 3 rings (SSSR count). The molecule has 3 aromatic rings. The number of hydrogen-bond acceptors (Lipinski definition) is 3. The number of nitrogens with one attached hydrogen (secondary N) is 1. The van der Waals surface area contributed by atoms with Crippen molar-refractivity contribution in [2.45, 2.75) is 26.2 Å². The van der Waals surface area contributed by atoms with Crippen LogP contribution in [0.25, 0.3) is 5.65 Å². The summed E-state index contributed by atoms with van der Waals surface area (Å²) in [5.74, 6) is -0.822. The zero-order chi connectivity index (χ0) is 18.9. The minimum atomic E-state index is -0.497. The molecule has 0 bridgehead atoms. The van der Waals surface area contributed by atoms with Crippen LogP contribution in [0.1, 0.15) is 35.3 Å². The Kier molecular flexibility index (Phi) is 4.59. The van der Waals surface area contributed by atoms with Gasteiger partial charge in [-0.3, -0.25) is 14.0 Å². The van der Waals surface area contributed by atoms with Crippen LogP contribution in [0, 0.1) is 12.7 Å². The maximum absolute atomic E-state index is 13.5. The van der Waals surface area contributed by atoms with Crippen molar-refractivity contribution < 1.29 is 9.18 Å². The smallest absolute Gasteiger partial charge is 0.270 e. The van der Waals surface area contributed by atoms with Gasteiger partial charge in [-0.1, -0.05) is 32.0 Å². The third-order valence-corrected chi connectivity index (χ3v) is 4.47. The number of carbonyl (C=O) groups excluding carboxylic acids is 1. The quantitative estimate of drug-likeness (QED) is 0.784. The van der Waals surface area contributed by atoms with Crippen LogP contribution in [0.4, 0.5) is 4.39 Å². The standard InChI is InChI=1S/C20H20FN3O2/c1-13-6-5-9-24-17(13)22-11-16(19(24)26)18(25)23-12-20(2,3)14-7-4-8-15(21)10-14/h4-11H,12H2,1-3H3,(H,23,25). The molecule has 0 unspecified atom stereocenters. The zero-order valence-electron chi connectivity index (χ0n) is 14.9. The molecule has 0 saturated carbocycles. The molecule has 134 valence electrons. The molecular formula is C20H20FN3O2. The lowest BCUT2D eigenvalue weighted by molar-refractivity contribution is 0.0943. The molecule has 0 aliphatic carbocycles. The van der Waals surface area contributed by atoms with E-state index in [2.05, 4.69) is 10.3 Å². The summed E-state index contributed by atoms with van der Waals surface area (Å²) >= 11 is 0. The molecule has 1 N–H and O–H groups in total. The molecule has 5 nitrogen and oxygen atoms in total. The molecule has 2 aromatic heterocycles. The van der Waals surface area contributed by atoms with Gasteiger partial charge >= 0.3 is 0 Å². The maximum atomic E-state index is 13.5. The van der Waals surface area contributed by atoms with Gasteiger partial charge in [-0.2, -0.15) is 0 Å². The van der Waals surface area contributed by atoms with Crippen molar-refractivity contribution in [3.63, 3.8) is 0 Å². The fourth-order valence-electron chi connectivity index (χ4n) is 2.81. The van der Waals surface area contributed by atoms with E-state index in [-0.39, 0.29) is 17.9 Å². The first-order valence-electron chi connectivity index (χ1n) is 8.31. The summed E-state index contributed by atoms with van der Waals surface area (Å²) in [7, 11) is 0. The lowest BCUT2D eigenvalue weighted by Gasteiger charge is -2.25. The minimum Gasteiger partial charge on any atom is -0.351 e. The second-order valence-electron chi connectivity index (χ2n) is 6.94. The van der Waals surface area contributed by atoms with E-state index in [1.165, 1.54) is 22.7 Å². The van der Waals surface area contributed by atoms with Crippen LogP contribution >= 0.6 is 0 Å². The monoisotopic (exact) mass is 353 g/mol. The highest BCUT2D eigenvalue weighted by atomic mass is 19.1. The topological polar surface area (TPSA) is 63.5 Å². The van der Waals surface area contributed by atoms with Crippen LogP contribution in [-0.2, 0) is 5.41 Å². The van der Waals surface area contributed by atoms with Gasteiger partial charge in [0.05, 0.1) is 0 Å². The Morgan fingerprint density at radius 2 is 2.04 bits per heavy atom. The van der Waals surface area contributed by atoms with Gasteiger partial charge in [0.1, 0.15) is 17.0 Å². The molecule has 0 aliphatic heterocycles. The maximum Gasteiger partial charge on any atom is 0.270 e. The summed E-state index contributed by atoms with van der Waals surface area (Å²) < 4.78 is 14.8. The van der Waals surface area contributed by atoms with E-state index in [0.29, 0.717) is 5.65 Å². The second kappa shape index (κ2) is 6.71. The molecule has 1 amide bonds. The Morgan fingerprint density at radius 3 is 2.77 bits per heavy atom. The average Bonchev–Trinajstić information content (AvgIpc) is 2.61. The Labute approximate surface area is 150 Å². The summed E-state index contributed by atoms with van der Waals surface area (Å²) in [6, 6.07) is 9.85. The fourth-order valence-corrected chi connectivity index (χ4v) is 2.81. The molecule has 6 heteroatoms. The molecule has 26 heavy (non-hydrogen) atoms. The highest BCUT2D eigenvalue weighted by Gasteiger charge is 2.23. The van der Waals surface area contributed by atoms with Gasteiger partial charge in [-0.25, -0.2) is 9.37 Å². The number of aromatic nitrogens is 2. The minimum absolute atomic E-state index is 0.0249. The molecular weight excluding hydrogens is 333 g/mol. The highest BCUT2D eigenvalue weighted by Crippen LogP contribution is 2.22. The van der Waals surface area contributed by atoms with Gasteiger partial charge in [0.15, 0.2) is 0 Å². The number of nitrogens with zero attached hydrogens (tertiary/aromatic N) is 2. The Bertz CT molecular complexity index is 1040. The number of pyridine rings is 1. The van der Waals surface area contributed by atoms with Gasteiger partial charge in [-0.05, 0) is 36.2 Å².